The van der Waals surface area contributed by atoms with Crippen molar-refractivity contribution in [3.63, 3.8) is 0 Å². The first-order valence-corrected chi connectivity index (χ1v) is 8.98. The van der Waals surface area contributed by atoms with Crippen LogP contribution in [0.4, 0.5) is 18.9 Å². The Labute approximate surface area is 146 Å². The van der Waals surface area contributed by atoms with Crippen molar-refractivity contribution >= 4 is 5.69 Å². The Morgan fingerprint density at radius 1 is 1.16 bits per heavy atom. The second-order valence-electron chi connectivity index (χ2n) is 7.53. The zero-order valence-electron chi connectivity index (χ0n) is 14.0. The third-order valence-corrected chi connectivity index (χ3v) is 6.08. The molecule has 1 aliphatic heterocycles. The second-order valence-corrected chi connectivity index (χ2v) is 7.53. The predicted molar refractivity (Wildman–Crippen MR) is 93.3 cm³/mol. The molecule has 134 valence electrons. The number of alkyl halides is 3. The fourth-order valence-electron chi connectivity index (χ4n) is 4.88. The first-order chi connectivity index (χ1) is 12.0. The standard InChI is InChI=1S/C20H23F3N2/c21-20(22,23)14-6-7-18-16(10-14)15-8-12(11-24)9-17(15)19(25-18)13-4-2-1-3-5-13/h1-4,6-7,10,12-13,15,17,19,25H,5,8-9,11,24H2/t12-,13?,15+,17+,19-/m0/s1. The fourth-order valence-corrected chi connectivity index (χ4v) is 4.88. The molecule has 1 saturated carbocycles. The number of hydrogen-bond donors (Lipinski definition) is 2. The van der Waals surface area contributed by atoms with Crippen LogP contribution in [0.15, 0.2) is 42.5 Å². The summed E-state index contributed by atoms with van der Waals surface area (Å²) in [6, 6.07) is 4.41. The van der Waals surface area contributed by atoms with Crippen LogP contribution in [-0.2, 0) is 6.18 Å². The number of halogens is 3. The van der Waals surface area contributed by atoms with Crippen LogP contribution < -0.4 is 11.1 Å². The van der Waals surface area contributed by atoms with E-state index in [1.54, 1.807) is 6.07 Å². The zero-order chi connectivity index (χ0) is 17.6. The molecule has 0 saturated heterocycles. The van der Waals surface area contributed by atoms with Gasteiger partial charge in [-0.3, -0.25) is 0 Å². The lowest BCUT2D eigenvalue weighted by molar-refractivity contribution is -0.137. The number of benzene rings is 1. The van der Waals surface area contributed by atoms with E-state index in [4.69, 9.17) is 5.73 Å². The number of allylic oxidation sites excluding steroid dienone is 3. The van der Waals surface area contributed by atoms with E-state index >= 15 is 0 Å². The van der Waals surface area contributed by atoms with Gasteiger partial charge in [0.25, 0.3) is 0 Å². The highest BCUT2D eigenvalue weighted by atomic mass is 19.4. The Balaban J connectivity index is 1.72. The molecule has 4 rings (SSSR count). The van der Waals surface area contributed by atoms with E-state index in [2.05, 4.69) is 29.6 Å². The molecule has 5 heteroatoms. The Bertz CT molecular complexity index is 707. The quantitative estimate of drug-likeness (QED) is 0.813. The third kappa shape index (κ3) is 2.99. The molecule has 5 atom stereocenters. The summed E-state index contributed by atoms with van der Waals surface area (Å²) in [6.07, 6.45) is 7.06. The minimum atomic E-state index is -4.30. The predicted octanol–water partition coefficient (Wildman–Crippen LogP) is 4.70. The monoisotopic (exact) mass is 348 g/mol. The van der Waals surface area contributed by atoms with Gasteiger partial charge in [0, 0.05) is 17.6 Å². The number of nitrogens with two attached hydrogens (primary N) is 1. The van der Waals surface area contributed by atoms with Crippen molar-refractivity contribution in [1.29, 1.82) is 0 Å². The molecule has 2 aliphatic carbocycles. The van der Waals surface area contributed by atoms with Crippen LogP contribution >= 0.6 is 0 Å². The van der Waals surface area contributed by atoms with Crippen LogP contribution in [-0.4, -0.2) is 12.6 Å². The van der Waals surface area contributed by atoms with Gasteiger partial charge in [-0.2, -0.15) is 13.2 Å². The topological polar surface area (TPSA) is 38.0 Å². The Morgan fingerprint density at radius 3 is 2.68 bits per heavy atom. The van der Waals surface area contributed by atoms with Crippen molar-refractivity contribution in [2.75, 3.05) is 11.9 Å². The third-order valence-electron chi connectivity index (χ3n) is 6.08. The highest BCUT2D eigenvalue weighted by Crippen LogP contribution is 2.52. The largest absolute Gasteiger partial charge is 0.416 e. The summed E-state index contributed by atoms with van der Waals surface area (Å²) in [5.74, 6) is 1.27. The van der Waals surface area contributed by atoms with E-state index in [9.17, 15) is 13.2 Å². The van der Waals surface area contributed by atoms with Gasteiger partial charge in [-0.25, -0.2) is 0 Å². The smallest absolute Gasteiger partial charge is 0.381 e. The first-order valence-electron chi connectivity index (χ1n) is 8.98. The molecule has 1 fully saturated rings. The molecular weight excluding hydrogens is 325 g/mol. The molecule has 0 radical (unpaired) electrons. The van der Waals surface area contributed by atoms with E-state index in [0.29, 0.717) is 24.3 Å². The van der Waals surface area contributed by atoms with Crippen LogP contribution in [0.5, 0.6) is 0 Å². The van der Waals surface area contributed by atoms with Gasteiger partial charge in [0.2, 0.25) is 0 Å². The van der Waals surface area contributed by atoms with Crippen molar-refractivity contribution in [3.05, 3.63) is 53.6 Å². The van der Waals surface area contributed by atoms with Crippen LogP contribution in [0.3, 0.4) is 0 Å². The average molecular weight is 348 g/mol. The minimum Gasteiger partial charge on any atom is -0.381 e. The van der Waals surface area contributed by atoms with Gasteiger partial charge in [-0.1, -0.05) is 24.3 Å². The maximum atomic E-state index is 13.2. The lowest BCUT2D eigenvalue weighted by atomic mass is 9.73. The van der Waals surface area contributed by atoms with Crippen LogP contribution in [0.25, 0.3) is 0 Å². The van der Waals surface area contributed by atoms with Crippen LogP contribution in [0.2, 0.25) is 0 Å². The molecule has 25 heavy (non-hydrogen) atoms. The summed E-state index contributed by atoms with van der Waals surface area (Å²) in [7, 11) is 0. The molecule has 3 aliphatic rings. The lowest BCUT2D eigenvalue weighted by Crippen LogP contribution is -2.41. The zero-order valence-corrected chi connectivity index (χ0v) is 14.0. The van der Waals surface area contributed by atoms with Gasteiger partial charge < -0.3 is 11.1 Å². The van der Waals surface area contributed by atoms with Gasteiger partial charge in [0.1, 0.15) is 0 Å². The number of nitrogens with one attached hydrogen (secondary N) is 1. The molecule has 0 aromatic heterocycles. The first kappa shape index (κ1) is 16.7. The Kier molecular flexibility index (Phi) is 4.14. The molecule has 0 spiro atoms. The van der Waals surface area contributed by atoms with Crippen molar-refractivity contribution < 1.29 is 13.2 Å². The summed E-state index contributed by atoms with van der Waals surface area (Å²) in [6.45, 7) is 0.606. The second kappa shape index (κ2) is 6.20. The Morgan fingerprint density at radius 2 is 2.00 bits per heavy atom. The number of rotatable bonds is 2. The minimum absolute atomic E-state index is 0.163. The van der Waals surface area contributed by atoms with Crippen LogP contribution in [0, 0.1) is 17.8 Å². The molecule has 1 unspecified atom stereocenters. The maximum absolute atomic E-state index is 13.2. The van der Waals surface area contributed by atoms with E-state index in [-0.39, 0.29) is 12.0 Å². The summed E-state index contributed by atoms with van der Waals surface area (Å²) >= 11 is 0. The van der Waals surface area contributed by atoms with Gasteiger partial charge in [0.05, 0.1) is 5.56 Å². The van der Waals surface area contributed by atoms with E-state index < -0.39 is 11.7 Å². The molecule has 1 aromatic carbocycles. The lowest BCUT2D eigenvalue weighted by Gasteiger charge is -2.41. The average Bonchev–Trinajstić information content (AvgIpc) is 3.05. The normalized spacial score (nSPS) is 33.7. The molecule has 1 heterocycles. The maximum Gasteiger partial charge on any atom is 0.416 e. The molecule has 1 aromatic rings. The van der Waals surface area contributed by atoms with Gasteiger partial charge in [-0.15, -0.1) is 0 Å². The number of anilines is 1. The van der Waals surface area contributed by atoms with Crippen molar-refractivity contribution in [2.24, 2.45) is 23.5 Å². The SMILES string of the molecule is NC[C@@H]1C[C@@H]2[C@H](C1)c1cc(C(F)(F)F)ccc1N[C@H]2C1C=CC=CC1. The molecule has 2 nitrogen and oxygen atoms in total. The number of fused-ring (bicyclic) bond motifs is 3. The van der Waals surface area contributed by atoms with Crippen molar-refractivity contribution in [2.45, 2.75) is 37.4 Å². The molecular formula is C20H23F3N2. The van der Waals surface area contributed by atoms with Gasteiger partial charge in [-0.05, 0) is 67.3 Å². The Hall–Kier alpha value is -1.75. The molecule has 0 bridgehead atoms. The fraction of sp³-hybridized carbons (Fsp3) is 0.500. The highest BCUT2D eigenvalue weighted by molar-refractivity contribution is 5.59. The van der Waals surface area contributed by atoms with Crippen molar-refractivity contribution in [1.82, 2.24) is 0 Å². The highest BCUT2D eigenvalue weighted by Gasteiger charge is 2.46. The van der Waals surface area contributed by atoms with Crippen molar-refractivity contribution in [3.8, 4) is 0 Å². The van der Waals surface area contributed by atoms with Gasteiger partial charge >= 0.3 is 6.18 Å². The molecule has 3 N–H and O–H groups in total. The van der Waals surface area contributed by atoms with Crippen LogP contribution in [0.1, 0.15) is 36.3 Å². The van der Waals surface area contributed by atoms with E-state index in [1.807, 2.05) is 0 Å². The molecule has 0 amide bonds. The summed E-state index contributed by atoms with van der Waals surface area (Å²) in [5.41, 5.74) is 7.03. The summed E-state index contributed by atoms with van der Waals surface area (Å²) in [4.78, 5) is 0. The van der Waals surface area contributed by atoms with E-state index in [1.165, 1.54) is 12.1 Å². The van der Waals surface area contributed by atoms with E-state index in [0.717, 1.165) is 30.5 Å². The summed E-state index contributed by atoms with van der Waals surface area (Å²) in [5, 5.41) is 3.57. The number of hydrogen-bond acceptors (Lipinski definition) is 2. The van der Waals surface area contributed by atoms with Gasteiger partial charge in [0.15, 0.2) is 0 Å². The summed E-state index contributed by atoms with van der Waals surface area (Å²) < 4.78 is 39.5.